The predicted molar refractivity (Wildman–Crippen MR) is 104 cm³/mol. The molecule has 2 fully saturated rings. The second-order valence-electron chi connectivity index (χ2n) is 8.14. The molecule has 0 radical (unpaired) electrons. The summed E-state index contributed by atoms with van der Waals surface area (Å²) in [5.41, 5.74) is 1.00. The van der Waals surface area contributed by atoms with E-state index in [1.165, 1.54) is 32.1 Å². The van der Waals surface area contributed by atoms with Gasteiger partial charge in [-0.25, -0.2) is 0 Å². The van der Waals surface area contributed by atoms with Crippen molar-refractivity contribution in [2.45, 2.75) is 77.7 Å². The fraction of sp³-hybridized carbons (Fsp3) is 0.727. The fourth-order valence-electron chi connectivity index (χ4n) is 4.36. The van der Waals surface area contributed by atoms with E-state index in [9.17, 15) is 4.79 Å². The summed E-state index contributed by atoms with van der Waals surface area (Å²) in [5, 5.41) is 0. The van der Waals surface area contributed by atoms with E-state index in [0.29, 0.717) is 5.91 Å². The summed E-state index contributed by atoms with van der Waals surface area (Å²) in [6, 6.07) is 3.96. The molecule has 0 unspecified atom stereocenters. The number of carbonyl (C=O) groups excluding carboxylic acids is 1. The maximum atomic E-state index is 12.9. The number of amides is 1. The van der Waals surface area contributed by atoms with Gasteiger partial charge in [0.25, 0.3) is 0 Å². The number of nitrogens with zero attached hydrogens (tertiary/aromatic N) is 2. The molecule has 0 spiro atoms. The summed E-state index contributed by atoms with van der Waals surface area (Å²) >= 11 is 0. The van der Waals surface area contributed by atoms with E-state index in [-0.39, 0.29) is 12.0 Å². The fourth-order valence-corrected chi connectivity index (χ4v) is 4.36. The SMILES string of the molecule is CCCCC1CCC(C(=O)N2CCC(Oc3ccc(C)nc3)CC2)CC1. The quantitative estimate of drug-likeness (QED) is 0.736. The molecule has 0 aromatic carbocycles. The summed E-state index contributed by atoms with van der Waals surface area (Å²) in [5.74, 6) is 2.37. The van der Waals surface area contributed by atoms with Crippen LogP contribution in [0, 0.1) is 18.8 Å². The Morgan fingerprint density at radius 1 is 1.15 bits per heavy atom. The lowest BCUT2D eigenvalue weighted by molar-refractivity contribution is -0.138. The molecule has 1 saturated heterocycles. The van der Waals surface area contributed by atoms with Gasteiger partial charge in [0.05, 0.1) is 6.20 Å². The van der Waals surface area contributed by atoms with E-state index in [2.05, 4.69) is 16.8 Å². The normalized spacial score (nSPS) is 24.5. The topological polar surface area (TPSA) is 42.4 Å². The Hall–Kier alpha value is -1.58. The van der Waals surface area contributed by atoms with Crippen LogP contribution in [-0.2, 0) is 4.79 Å². The zero-order chi connectivity index (χ0) is 18.4. The first-order valence-electron chi connectivity index (χ1n) is 10.5. The van der Waals surface area contributed by atoms with Crippen molar-refractivity contribution in [2.75, 3.05) is 13.1 Å². The van der Waals surface area contributed by atoms with Crippen LogP contribution in [-0.4, -0.2) is 35.0 Å². The molecular weight excluding hydrogens is 324 g/mol. The Bertz CT molecular complexity index is 556. The second-order valence-corrected chi connectivity index (χ2v) is 8.14. The van der Waals surface area contributed by atoms with Crippen molar-refractivity contribution in [3.8, 4) is 5.75 Å². The second kappa shape index (κ2) is 9.38. The average Bonchev–Trinajstić information content (AvgIpc) is 2.68. The van der Waals surface area contributed by atoms with Gasteiger partial charge in [-0.3, -0.25) is 9.78 Å². The number of rotatable bonds is 6. The molecule has 0 atom stereocenters. The Labute approximate surface area is 158 Å². The number of unbranched alkanes of at least 4 members (excludes halogenated alkanes) is 1. The highest BCUT2D eigenvalue weighted by Crippen LogP contribution is 2.33. The first kappa shape index (κ1) is 19.2. The zero-order valence-electron chi connectivity index (χ0n) is 16.5. The maximum absolute atomic E-state index is 12.9. The number of piperidine rings is 1. The first-order chi connectivity index (χ1) is 12.7. The van der Waals surface area contributed by atoms with Crippen LogP contribution in [0.15, 0.2) is 18.3 Å². The Morgan fingerprint density at radius 3 is 2.50 bits per heavy atom. The minimum Gasteiger partial charge on any atom is -0.489 e. The number of aryl methyl sites for hydroxylation is 1. The number of ether oxygens (including phenoxy) is 1. The van der Waals surface area contributed by atoms with E-state index >= 15 is 0 Å². The lowest BCUT2D eigenvalue weighted by Gasteiger charge is -2.36. The van der Waals surface area contributed by atoms with Crippen molar-refractivity contribution in [1.29, 1.82) is 0 Å². The van der Waals surface area contributed by atoms with Crippen molar-refractivity contribution >= 4 is 5.91 Å². The van der Waals surface area contributed by atoms with Gasteiger partial charge in [-0.15, -0.1) is 0 Å². The Balaban J connectivity index is 1.40. The van der Waals surface area contributed by atoms with E-state index in [1.54, 1.807) is 6.20 Å². The smallest absolute Gasteiger partial charge is 0.225 e. The third-order valence-electron chi connectivity index (χ3n) is 6.10. The minimum atomic E-state index is 0.202. The van der Waals surface area contributed by atoms with Crippen molar-refractivity contribution in [3.63, 3.8) is 0 Å². The molecule has 0 N–H and O–H groups in total. The molecular formula is C22H34N2O2. The number of hydrogen-bond donors (Lipinski definition) is 0. The number of pyridine rings is 1. The van der Waals surface area contributed by atoms with Gasteiger partial charge in [-0.05, 0) is 50.7 Å². The van der Waals surface area contributed by atoms with Crippen molar-refractivity contribution in [1.82, 2.24) is 9.88 Å². The first-order valence-corrected chi connectivity index (χ1v) is 10.5. The molecule has 1 aliphatic carbocycles. The molecule has 4 heteroatoms. The van der Waals surface area contributed by atoms with Crippen LogP contribution in [0.1, 0.15) is 70.4 Å². The summed E-state index contributed by atoms with van der Waals surface area (Å²) in [6.07, 6.45) is 12.5. The standard InChI is InChI=1S/C22H34N2O2/c1-3-4-5-18-7-9-19(10-8-18)22(25)24-14-12-20(13-15-24)26-21-11-6-17(2)23-16-21/h6,11,16,18-20H,3-5,7-10,12-15H2,1-2H3. The lowest BCUT2D eigenvalue weighted by atomic mass is 9.79. The van der Waals surface area contributed by atoms with Crippen LogP contribution in [0.25, 0.3) is 0 Å². The molecule has 26 heavy (non-hydrogen) atoms. The molecule has 1 aromatic heterocycles. The van der Waals surface area contributed by atoms with Crippen molar-refractivity contribution in [2.24, 2.45) is 11.8 Å². The van der Waals surface area contributed by atoms with Gasteiger partial charge in [0.1, 0.15) is 11.9 Å². The van der Waals surface area contributed by atoms with Crippen LogP contribution in [0.2, 0.25) is 0 Å². The molecule has 1 saturated carbocycles. The van der Waals surface area contributed by atoms with Crippen molar-refractivity contribution in [3.05, 3.63) is 24.0 Å². The van der Waals surface area contributed by atoms with Gasteiger partial charge in [0.15, 0.2) is 0 Å². The molecule has 1 aromatic rings. The number of hydrogen-bond acceptors (Lipinski definition) is 3. The van der Waals surface area contributed by atoms with Crippen LogP contribution >= 0.6 is 0 Å². The maximum Gasteiger partial charge on any atom is 0.225 e. The van der Waals surface area contributed by atoms with E-state index in [4.69, 9.17) is 4.74 Å². The number of likely N-dealkylation sites (tertiary alicyclic amines) is 1. The number of carbonyl (C=O) groups is 1. The van der Waals surface area contributed by atoms with Gasteiger partial charge in [-0.2, -0.15) is 0 Å². The molecule has 2 heterocycles. The van der Waals surface area contributed by atoms with Crippen LogP contribution in [0.5, 0.6) is 5.75 Å². The highest BCUT2D eigenvalue weighted by atomic mass is 16.5. The summed E-state index contributed by atoms with van der Waals surface area (Å²) in [6.45, 7) is 5.90. The van der Waals surface area contributed by atoms with Crippen LogP contribution in [0.3, 0.4) is 0 Å². The molecule has 1 aliphatic heterocycles. The van der Waals surface area contributed by atoms with Gasteiger partial charge < -0.3 is 9.64 Å². The zero-order valence-corrected chi connectivity index (χ0v) is 16.5. The third-order valence-corrected chi connectivity index (χ3v) is 6.10. The monoisotopic (exact) mass is 358 g/mol. The molecule has 1 amide bonds. The van der Waals surface area contributed by atoms with E-state index in [0.717, 1.165) is 56.1 Å². The lowest BCUT2D eigenvalue weighted by Crippen LogP contribution is -2.45. The van der Waals surface area contributed by atoms with E-state index < -0.39 is 0 Å². The largest absolute Gasteiger partial charge is 0.489 e. The van der Waals surface area contributed by atoms with Crippen molar-refractivity contribution < 1.29 is 9.53 Å². The van der Waals surface area contributed by atoms with Crippen LogP contribution in [0.4, 0.5) is 0 Å². The molecule has 2 aliphatic rings. The molecule has 4 nitrogen and oxygen atoms in total. The highest BCUT2D eigenvalue weighted by Gasteiger charge is 2.31. The van der Waals surface area contributed by atoms with Gasteiger partial charge in [0, 0.05) is 37.5 Å². The van der Waals surface area contributed by atoms with Gasteiger partial charge in [-0.1, -0.05) is 26.2 Å². The minimum absolute atomic E-state index is 0.202. The summed E-state index contributed by atoms with van der Waals surface area (Å²) in [4.78, 5) is 19.2. The van der Waals surface area contributed by atoms with E-state index in [1.807, 2.05) is 19.1 Å². The van der Waals surface area contributed by atoms with Crippen LogP contribution < -0.4 is 4.74 Å². The Kier molecular flexibility index (Phi) is 6.93. The number of aromatic nitrogens is 1. The summed E-state index contributed by atoms with van der Waals surface area (Å²) in [7, 11) is 0. The van der Waals surface area contributed by atoms with Gasteiger partial charge in [0.2, 0.25) is 5.91 Å². The highest BCUT2D eigenvalue weighted by molar-refractivity contribution is 5.79. The molecule has 0 bridgehead atoms. The summed E-state index contributed by atoms with van der Waals surface area (Å²) < 4.78 is 6.03. The predicted octanol–water partition coefficient (Wildman–Crippen LogP) is 4.76. The Morgan fingerprint density at radius 2 is 1.88 bits per heavy atom. The third kappa shape index (κ3) is 5.21. The molecule has 144 valence electrons. The molecule has 3 rings (SSSR count). The average molecular weight is 359 g/mol. The van der Waals surface area contributed by atoms with Gasteiger partial charge >= 0.3 is 0 Å².